The van der Waals surface area contributed by atoms with Crippen molar-refractivity contribution >= 4 is 31.9 Å². The van der Waals surface area contributed by atoms with Crippen molar-refractivity contribution in [3.8, 4) is 5.75 Å². The molecule has 2 rings (SSSR count). The van der Waals surface area contributed by atoms with Gasteiger partial charge in [-0.2, -0.15) is 0 Å². The Bertz CT molecular complexity index is 576. The maximum Gasteiger partial charge on any atom is 0.138 e. The van der Waals surface area contributed by atoms with Crippen LogP contribution in [0, 0.1) is 0 Å². The molecule has 2 aromatic rings. The first-order valence-electron chi connectivity index (χ1n) is 6.91. The molecule has 3 nitrogen and oxygen atoms in total. The second-order valence-corrected chi connectivity index (χ2v) is 6.36. The molecule has 0 amide bonds. The Kier molecular flexibility index (Phi) is 6.67. The topological polar surface area (TPSA) is 34.1 Å². The van der Waals surface area contributed by atoms with E-state index in [1.807, 2.05) is 37.5 Å². The van der Waals surface area contributed by atoms with Crippen LogP contribution in [0.15, 0.2) is 45.6 Å². The van der Waals surface area contributed by atoms with E-state index in [-0.39, 0.29) is 0 Å². The van der Waals surface area contributed by atoms with Gasteiger partial charge in [-0.3, -0.25) is 4.98 Å². The van der Waals surface area contributed by atoms with Gasteiger partial charge in [0.15, 0.2) is 0 Å². The molecule has 1 aromatic heterocycles. The fourth-order valence-electron chi connectivity index (χ4n) is 2.06. The van der Waals surface area contributed by atoms with Crippen molar-refractivity contribution in [1.82, 2.24) is 10.3 Å². The lowest BCUT2D eigenvalue weighted by Crippen LogP contribution is -2.17. The van der Waals surface area contributed by atoms with Crippen molar-refractivity contribution in [2.24, 2.45) is 0 Å². The normalized spacial score (nSPS) is 10.6. The molecular weight excluding hydrogens is 396 g/mol. The zero-order chi connectivity index (χ0) is 15.1. The number of hydrogen-bond donors (Lipinski definition) is 1. The summed E-state index contributed by atoms with van der Waals surface area (Å²) in [7, 11) is 0. The third kappa shape index (κ3) is 5.09. The quantitative estimate of drug-likeness (QED) is 0.685. The second kappa shape index (κ2) is 8.51. The Labute approximate surface area is 142 Å². The fourth-order valence-corrected chi connectivity index (χ4v) is 3.48. The molecule has 1 N–H and O–H groups in total. The van der Waals surface area contributed by atoms with E-state index >= 15 is 0 Å². The van der Waals surface area contributed by atoms with E-state index < -0.39 is 0 Å². The number of rotatable bonds is 7. The number of benzene rings is 1. The maximum absolute atomic E-state index is 5.72. The van der Waals surface area contributed by atoms with Gasteiger partial charge in [-0.15, -0.1) is 0 Å². The summed E-state index contributed by atoms with van der Waals surface area (Å²) in [6, 6.07) is 8.19. The van der Waals surface area contributed by atoms with Gasteiger partial charge in [0.2, 0.25) is 0 Å². The van der Waals surface area contributed by atoms with Crippen molar-refractivity contribution < 1.29 is 4.74 Å². The van der Waals surface area contributed by atoms with E-state index in [1.165, 1.54) is 5.56 Å². The number of pyridine rings is 1. The summed E-state index contributed by atoms with van der Waals surface area (Å²) < 4.78 is 7.74. The zero-order valence-electron chi connectivity index (χ0n) is 11.9. The Morgan fingerprint density at radius 1 is 1.19 bits per heavy atom. The van der Waals surface area contributed by atoms with Crippen molar-refractivity contribution in [1.29, 1.82) is 0 Å². The molecule has 0 radical (unpaired) electrons. The van der Waals surface area contributed by atoms with Gasteiger partial charge in [0.05, 0.1) is 11.1 Å². The molecule has 0 saturated heterocycles. The van der Waals surface area contributed by atoms with Crippen LogP contribution in [0.1, 0.15) is 18.1 Å². The van der Waals surface area contributed by atoms with Crippen LogP contribution in [0.3, 0.4) is 0 Å². The van der Waals surface area contributed by atoms with Crippen LogP contribution < -0.4 is 10.1 Å². The number of aromatic nitrogens is 1. The summed E-state index contributed by atoms with van der Waals surface area (Å²) in [5.74, 6) is 0.914. The van der Waals surface area contributed by atoms with Crippen LogP contribution in [0.5, 0.6) is 5.75 Å². The summed E-state index contributed by atoms with van der Waals surface area (Å²) >= 11 is 7.08. The van der Waals surface area contributed by atoms with Crippen molar-refractivity contribution in [3.63, 3.8) is 0 Å². The van der Waals surface area contributed by atoms with Crippen LogP contribution in [0.4, 0.5) is 0 Å². The molecule has 0 spiro atoms. The van der Waals surface area contributed by atoms with Crippen LogP contribution in [-0.2, 0) is 13.0 Å². The molecule has 1 heterocycles. The average Bonchev–Trinajstić information content (AvgIpc) is 2.48. The molecule has 0 saturated carbocycles. The van der Waals surface area contributed by atoms with Gasteiger partial charge in [-0.1, -0.05) is 15.9 Å². The van der Waals surface area contributed by atoms with Crippen molar-refractivity contribution in [2.45, 2.75) is 19.9 Å². The van der Waals surface area contributed by atoms with Crippen LogP contribution in [-0.4, -0.2) is 18.1 Å². The summed E-state index contributed by atoms with van der Waals surface area (Å²) in [4.78, 5) is 4.03. The molecule has 0 atom stereocenters. The van der Waals surface area contributed by atoms with E-state index in [1.54, 1.807) is 0 Å². The molecular formula is C16H18Br2N2O. The molecule has 112 valence electrons. The van der Waals surface area contributed by atoms with Crippen LogP contribution >= 0.6 is 31.9 Å². The van der Waals surface area contributed by atoms with E-state index in [0.717, 1.165) is 39.8 Å². The lowest BCUT2D eigenvalue weighted by Gasteiger charge is -2.13. The van der Waals surface area contributed by atoms with Gasteiger partial charge in [-0.05, 0) is 65.6 Å². The van der Waals surface area contributed by atoms with Gasteiger partial charge in [0.1, 0.15) is 5.75 Å². The van der Waals surface area contributed by atoms with Gasteiger partial charge in [-0.25, -0.2) is 0 Å². The average molecular weight is 414 g/mol. The van der Waals surface area contributed by atoms with Gasteiger partial charge in [0, 0.05) is 29.0 Å². The number of halogens is 2. The molecule has 21 heavy (non-hydrogen) atoms. The highest BCUT2D eigenvalue weighted by atomic mass is 79.9. The highest BCUT2D eigenvalue weighted by molar-refractivity contribution is 9.11. The van der Waals surface area contributed by atoms with Crippen LogP contribution in [0.25, 0.3) is 0 Å². The SMILES string of the molecule is CCOc1c(Br)cc(Br)cc1CNCCc1ccncc1. The Morgan fingerprint density at radius 3 is 2.67 bits per heavy atom. The number of nitrogens with zero attached hydrogens (tertiary/aromatic N) is 1. The minimum Gasteiger partial charge on any atom is -0.492 e. The van der Waals surface area contributed by atoms with E-state index in [9.17, 15) is 0 Å². The molecule has 0 aliphatic heterocycles. The van der Waals surface area contributed by atoms with E-state index in [0.29, 0.717) is 6.61 Å². The predicted octanol–water partition coefficient (Wildman–Crippen LogP) is 4.34. The smallest absolute Gasteiger partial charge is 0.138 e. The number of ether oxygens (including phenoxy) is 1. The Balaban J connectivity index is 1.93. The summed E-state index contributed by atoms with van der Waals surface area (Å²) in [5, 5.41) is 3.46. The first kappa shape index (κ1) is 16.5. The first-order valence-corrected chi connectivity index (χ1v) is 8.49. The number of nitrogens with one attached hydrogen (secondary N) is 1. The summed E-state index contributed by atoms with van der Waals surface area (Å²) in [6.07, 6.45) is 4.64. The van der Waals surface area contributed by atoms with E-state index in [4.69, 9.17) is 4.74 Å². The molecule has 1 aromatic carbocycles. The minimum atomic E-state index is 0.657. The van der Waals surface area contributed by atoms with Crippen molar-refractivity contribution in [3.05, 3.63) is 56.7 Å². The standard InChI is InChI=1S/C16H18Br2N2O/c1-2-21-16-13(9-14(17)10-15(16)18)11-20-8-5-12-3-6-19-7-4-12/h3-4,6-7,9-10,20H,2,5,8,11H2,1H3. The monoisotopic (exact) mass is 412 g/mol. The first-order chi connectivity index (χ1) is 10.2. The fraction of sp³-hybridized carbons (Fsp3) is 0.312. The summed E-state index contributed by atoms with van der Waals surface area (Å²) in [6.45, 7) is 4.34. The molecule has 0 aliphatic rings. The van der Waals surface area contributed by atoms with Crippen molar-refractivity contribution in [2.75, 3.05) is 13.2 Å². The molecule has 0 fully saturated rings. The third-order valence-corrected chi connectivity index (χ3v) is 4.08. The molecule has 0 aliphatic carbocycles. The molecule has 0 unspecified atom stereocenters. The second-order valence-electron chi connectivity index (χ2n) is 4.59. The largest absolute Gasteiger partial charge is 0.492 e. The minimum absolute atomic E-state index is 0.657. The van der Waals surface area contributed by atoms with Crippen LogP contribution in [0.2, 0.25) is 0 Å². The predicted molar refractivity (Wildman–Crippen MR) is 92.7 cm³/mol. The highest BCUT2D eigenvalue weighted by Crippen LogP contribution is 2.32. The number of hydrogen-bond acceptors (Lipinski definition) is 3. The zero-order valence-corrected chi connectivity index (χ0v) is 15.1. The summed E-state index contributed by atoms with van der Waals surface area (Å²) in [5.41, 5.74) is 2.44. The molecule has 5 heteroatoms. The van der Waals surface area contributed by atoms with Gasteiger partial charge < -0.3 is 10.1 Å². The Hall–Kier alpha value is -0.910. The van der Waals surface area contributed by atoms with Gasteiger partial charge >= 0.3 is 0 Å². The van der Waals surface area contributed by atoms with Gasteiger partial charge in [0.25, 0.3) is 0 Å². The van der Waals surface area contributed by atoms with E-state index in [2.05, 4.69) is 48.2 Å². The molecule has 0 bridgehead atoms. The lowest BCUT2D eigenvalue weighted by atomic mass is 10.2. The maximum atomic E-state index is 5.72. The highest BCUT2D eigenvalue weighted by Gasteiger charge is 2.09. The lowest BCUT2D eigenvalue weighted by molar-refractivity contribution is 0.333. The third-order valence-electron chi connectivity index (χ3n) is 3.03. The Morgan fingerprint density at radius 2 is 1.95 bits per heavy atom.